The zero-order valence-corrected chi connectivity index (χ0v) is 17.0. The van der Waals surface area contributed by atoms with E-state index >= 15 is 0 Å². The van der Waals surface area contributed by atoms with Crippen molar-refractivity contribution in [1.29, 1.82) is 0 Å². The molecule has 1 amide bonds. The van der Waals surface area contributed by atoms with Gasteiger partial charge >= 0.3 is 0 Å². The molecule has 3 aromatic rings. The van der Waals surface area contributed by atoms with Crippen molar-refractivity contribution in [1.82, 2.24) is 4.98 Å². The van der Waals surface area contributed by atoms with Crippen LogP contribution in [0, 0.1) is 12.8 Å². The standard InChI is InChI=1S/C21H22ClN3OS/c1-3-12-7-8-17-13(9-12)10-14-18(23)19(27-21(14)25-17)20(26)24-16-6-4-5-15(22)11(16)2/h4-6,10,12H,3,7-9,23H2,1-2H3,(H,24,26)/t12-/m1/s1. The van der Waals surface area contributed by atoms with Crippen LogP contribution >= 0.6 is 22.9 Å². The van der Waals surface area contributed by atoms with Crippen LogP contribution in [0.4, 0.5) is 11.4 Å². The van der Waals surface area contributed by atoms with Gasteiger partial charge in [-0.3, -0.25) is 4.79 Å². The van der Waals surface area contributed by atoms with Crippen molar-refractivity contribution in [3.8, 4) is 0 Å². The van der Waals surface area contributed by atoms with Crippen molar-refractivity contribution in [2.45, 2.75) is 39.5 Å². The second-order valence-corrected chi connectivity index (χ2v) is 8.58. The smallest absolute Gasteiger partial charge is 0.267 e. The predicted molar refractivity (Wildman–Crippen MR) is 114 cm³/mol. The maximum Gasteiger partial charge on any atom is 0.267 e. The number of hydrogen-bond donors (Lipinski definition) is 2. The van der Waals surface area contributed by atoms with Gasteiger partial charge in [-0.1, -0.05) is 31.0 Å². The average Bonchev–Trinajstić information content (AvgIpc) is 2.99. The maximum absolute atomic E-state index is 12.8. The quantitative estimate of drug-likeness (QED) is 0.601. The van der Waals surface area contributed by atoms with E-state index in [9.17, 15) is 4.79 Å². The predicted octanol–water partition coefficient (Wildman–Crippen LogP) is 5.61. The SMILES string of the molecule is CC[C@@H]1CCc2nc3sc(C(=O)Nc4cccc(Cl)c4C)c(N)c3cc2C1. The number of pyridine rings is 1. The van der Waals surface area contributed by atoms with E-state index in [0.717, 1.165) is 34.3 Å². The molecule has 1 aromatic carbocycles. The van der Waals surface area contributed by atoms with Gasteiger partial charge in [-0.15, -0.1) is 11.3 Å². The van der Waals surface area contributed by atoms with Crippen molar-refractivity contribution in [3.05, 3.63) is 51.0 Å². The Balaban J connectivity index is 1.69. The molecule has 1 atom stereocenters. The normalized spacial score (nSPS) is 16.3. The first-order chi connectivity index (χ1) is 13.0. The minimum absolute atomic E-state index is 0.217. The number of amides is 1. The summed E-state index contributed by atoms with van der Waals surface area (Å²) >= 11 is 7.51. The van der Waals surface area contributed by atoms with Crippen molar-refractivity contribution in [2.75, 3.05) is 11.1 Å². The maximum atomic E-state index is 12.8. The van der Waals surface area contributed by atoms with Gasteiger partial charge in [0.1, 0.15) is 9.71 Å². The van der Waals surface area contributed by atoms with Gasteiger partial charge in [0, 0.05) is 21.8 Å². The summed E-state index contributed by atoms with van der Waals surface area (Å²) in [6.45, 7) is 4.12. The van der Waals surface area contributed by atoms with Gasteiger partial charge < -0.3 is 11.1 Å². The number of halogens is 1. The largest absolute Gasteiger partial charge is 0.397 e. The van der Waals surface area contributed by atoms with Crippen LogP contribution in [0.1, 0.15) is 46.3 Å². The first-order valence-electron chi connectivity index (χ1n) is 9.25. The van der Waals surface area contributed by atoms with Gasteiger partial charge in [0.25, 0.3) is 5.91 Å². The van der Waals surface area contributed by atoms with E-state index in [2.05, 4.69) is 18.3 Å². The number of nitrogens with zero attached hydrogens (tertiary/aromatic N) is 1. The number of aryl methyl sites for hydroxylation is 1. The van der Waals surface area contributed by atoms with E-state index in [1.165, 1.54) is 29.7 Å². The van der Waals surface area contributed by atoms with E-state index in [-0.39, 0.29) is 5.91 Å². The summed E-state index contributed by atoms with van der Waals surface area (Å²) in [6.07, 6.45) is 4.42. The highest BCUT2D eigenvalue weighted by Gasteiger charge is 2.23. The Morgan fingerprint density at radius 2 is 2.26 bits per heavy atom. The molecule has 3 N–H and O–H groups in total. The van der Waals surface area contributed by atoms with Crippen molar-refractivity contribution >= 4 is 50.4 Å². The summed E-state index contributed by atoms with van der Waals surface area (Å²) in [5, 5.41) is 4.45. The molecule has 4 nitrogen and oxygen atoms in total. The molecule has 0 radical (unpaired) electrons. The molecule has 0 saturated heterocycles. The molecule has 0 saturated carbocycles. The molecule has 6 heteroatoms. The van der Waals surface area contributed by atoms with Crippen LogP contribution in [0.25, 0.3) is 10.2 Å². The molecular formula is C21H22ClN3OS. The third-order valence-corrected chi connectivity index (χ3v) is 7.01. The van der Waals surface area contributed by atoms with Crippen molar-refractivity contribution < 1.29 is 4.79 Å². The summed E-state index contributed by atoms with van der Waals surface area (Å²) in [5.41, 5.74) is 10.8. The number of hydrogen-bond acceptors (Lipinski definition) is 4. The summed E-state index contributed by atoms with van der Waals surface area (Å²) in [4.78, 5) is 19.0. The lowest BCUT2D eigenvalue weighted by Crippen LogP contribution is -2.14. The molecule has 2 heterocycles. The Bertz CT molecular complexity index is 1040. The first kappa shape index (κ1) is 18.3. The van der Waals surface area contributed by atoms with Gasteiger partial charge in [-0.25, -0.2) is 4.98 Å². The molecule has 0 aliphatic heterocycles. The molecule has 0 bridgehead atoms. The third kappa shape index (κ3) is 3.30. The number of thiophene rings is 1. The number of anilines is 2. The highest BCUT2D eigenvalue weighted by atomic mass is 35.5. The van der Waals surface area contributed by atoms with Crippen LogP contribution in [-0.4, -0.2) is 10.9 Å². The summed E-state index contributed by atoms with van der Waals surface area (Å²) in [6, 6.07) is 7.61. The Morgan fingerprint density at radius 3 is 3.04 bits per heavy atom. The van der Waals surface area contributed by atoms with Crippen LogP contribution in [-0.2, 0) is 12.8 Å². The lowest BCUT2D eigenvalue weighted by molar-refractivity contribution is 0.103. The summed E-state index contributed by atoms with van der Waals surface area (Å²) < 4.78 is 0. The third-order valence-electron chi connectivity index (χ3n) is 5.49. The number of fused-ring (bicyclic) bond motifs is 2. The second-order valence-electron chi connectivity index (χ2n) is 7.18. The molecule has 140 valence electrons. The van der Waals surface area contributed by atoms with E-state index < -0.39 is 0 Å². The first-order valence-corrected chi connectivity index (χ1v) is 10.4. The number of aromatic nitrogens is 1. The molecular weight excluding hydrogens is 378 g/mol. The highest BCUT2D eigenvalue weighted by molar-refractivity contribution is 7.21. The molecule has 27 heavy (non-hydrogen) atoms. The number of nitrogen functional groups attached to an aromatic ring is 1. The number of nitrogens with one attached hydrogen (secondary N) is 1. The van der Waals surface area contributed by atoms with E-state index in [4.69, 9.17) is 22.3 Å². The van der Waals surface area contributed by atoms with E-state index in [0.29, 0.717) is 27.2 Å². The molecule has 4 rings (SSSR count). The Labute approximate surface area is 167 Å². The zero-order valence-electron chi connectivity index (χ0n) is 15.4. The van der Waals surface area contributed by atoms with Gasteiger partial charge in [0.2, 0.25) is 0 Å². The number of rotatable bonds is 3. The van der Waals surface area contributed by atoms with Gasteiger partial charge in [-0.05, 0) is 61.4 Å². The molecule has 0 spiro atoms. The highest BCUT2D eigenvalue weighted by Crippen LogP contribution is 2.37. The molecule has 0 unspecified atom stereocenters. The molecule has 0 fully saturated rings. The average molecular weight is 400 g/mol. The van der Waals surface area contributed by atoms with Crippen LogP contribution in [0.2, 0.25) is 5.02 Å². The number of nitrogens with two attached hydrogens (primary N) is 1. The minimum atomic E-state index is -0.217. The summed E-state index contributed by atoms with van der Waals surface area (Å²) in [5.74, 6) is 0.496. The number of carbonyl (C=O) groups is 1. The number of benzene rings is 1. The Morgan fingerprint density at radius 1 is 1.44 bits per heavy atom. The van der Waals surface area contributed by atoms with Gasteiger partial charge in [0.15, 0.2) is 0 Å². The number of carbonyl (C=O) groups excluding carboxylic acids is 1. The Kier molecular flexibility index (Phi) is 4.82. The minimum Gasteiger partial charge on any atom is -0.397 e. The van der Waals surface area contributed by atoms with Crippen LogP contribution in [0.15, 0.2) is 24.3 Å². The van der Waals surface area contributed by atoms with Crippen LogP contribution < -0.4 is 11.1 Å². The summed E-state index contributed by atoms with van der Waals surface area (Å²) in [7, 11) is 0. The van der Waals surface area contributed by atoms with E-state index in [1.54, 1.807) is 6.07 Å². The lowest BCUT2D eigenvalue weighted by Gasteiger charge is -2.22. The zero-order chi connectivity index (χ0) is 19.1. The topological polar surface area (TPSA) is 68.0 Å². The van der Waals surface area contributed by atoms with Crippen LogP contribution in [0.3, 0.4) is 0 Å². The molecule has 1 aliphatic carbocycles. The fourth-order valence-electron chi connectivity index (χ4n) is 3.70. The van der Waals surface area contributed by atoms with Crippen molar-refractivity contribution in [2.24, 2.45) is 5.92 Å². The van der Waals surface area contributed by atoms with Gasteiger partial charge in [0.05, 0.1) is 5.69 Å². The van der Waals surface area contributed by atoms with E-state index in [1.807, 2.05) is 19.1 Å². The fourth-order valence-corrected chi connectivity index (χ4v) is 4.87. The Hall–Kier alpha value is -2.11. The van der Waals surface area contributed by atoms with Crippen LogP contribution in [0.5, 0.6) is 0 Å². The monoisotopic (exact) mass is 399 g/mol. The van der Waals surface area contributed by atoms with Crippen molar-refractivity contribution in [3.63, 3.8) is 0 Å². The van der Waals surface area contributed by atoms with Gasteiger partial charge in [-0.2, -0.15) is 0 Å². The fraction of sp³-hybridized carbons (Fsp3) is 0.333. The second kappa shape index (κ2) is 7.13. The molecule has 1 aliphatic rings. The lowest BCUT2D eigenvalue weighted by atomic mass is 9.85. The molecule has 2 aromatic heterocycles.